The van der Waals surface area contributed by atoms with Crippen LogP contribution in [0.1, 0.15) is 82.5 Å². The zero-order valence-electron chi connectivity index (χ0n) is 30.9. The van der Waals surface area contributed by atoms with E-state index in [0.717, 1.165) is 24.0 Å². The molecule has 2 aliphatic carbocycles. The Bertz CT molecular complexity index is 1940. The van der Waals surface area contributed by atoms with Gasteiger partial charge >= 0.3 is 6.09 Å². The number of fused-ring (bicyclic) bond motifs is 4. The van der Waals surface area contributed by atoms with Crippen LogP contribution >= 0.6 is 11.3 Å². The Morgan fingerprint density at radius 2 is 1.80 bits per heavy atom. The highest BCUT2D eigenvalue weighted by Crippen LogP contribution is 2.47. The molecule has 2 aromatic rings. The number of nitrogens with zero attached hydrogens (tertiary/aromatic N) is 2. The number of carbonyl (C=O) groups excluding carboxylic acids is 5. The van der Waals surface area contributed by atoms with Gasteiger partial charge in [0.15, 0.2) is 0 Å². The second-order valence-corrected chi connectivity index (χ2v) is 19.1. The van der Waals surface area contributed by atoms with Gasteiger partial charge in [-0.1, -0.05) is 37.1 Å². The molecule has 0 spiro atoms. The van der Waals surface area contributed by atoms with Crippen molar-refractivity contribution in [1.82, 2.24) is 25.2 Å². The Hall–Kier alpha value is -4.24. The first-order chi connectivity index (χ1) is 25.6. The van der Waals surface area contributed by atoms with Gasteiger partial charge in [-0.3, -0.25) is 23.9 Å². The average Bonchev–Trinajstić information content (AvgIpc) is 3.91. The Balaban J connectivity index is 1.18. The molecule has 13 nitrogen and oxygen atoms in total. The maximum atomic E-state index is 14.6. The number of amides is 5. The number of sulfonamides is 1. The summed E-state index contributed by atoms with van der Waals surface area (Å²) in [5, 5.41) is 9.07. The van der Waals surface area contributed by atoms with E-state index in [9.17, 15) is 32.4 Å². The Morgan fingerprint density at radius 3 is 2.52 bits per heavy atom. The average molecular weight is 780 g/mol. The first-order valence-corrected chi connectivity index (χ1v) is 21.4. The second kappa shape index (κ2) is 14.8. The van der Waals surface area contributed by atoms with Gasteiger partial charge in [-0.2, -0.15) is 11.3 Å². The fourth-order valence-corrected chi connectivity index (χ4v) is 10.2. The van der Waals surface area contributed by atoms with Crippen molar-refractivity contribution in [2.24, 2.45) is 17.8 Å². The molecule has 4 heterocycles. The molecule has 2 saturated heterocycles. The minimum Gasteiger partial charge on any atom is -0.444 e. The largest absolute Gasteiger partial charge is 0.444 e. The summed E-state index contributed by atoms with van der Waals surface area (Å²) in [6.07, 6.45) is 7.48. The molecule has 15 heteroatoms. The summed E-state index contributed by atoms with van der Waals surface area (Å²) in [5.41, 5.74) is 0.143. The summed E-state index contributed by atoms with van der Waals surface area (Å²) in [6, 6.07) is 7.36. The number of ether oxygens (including phenoxy) is 1. The molecule has 7 rings (SSSR count). The van der Waals surface area contributed by atoms with E-state index in [-0.39, 0.29) is 31.3 Å². The number of benzene rings is 1. The van der Waals surface area contributed by atoms with E-state index in [1.807, 2.05) is 47.2 Å². The zero-order chi connectivity index (χ0) is 38.4. The third-order valence-electron chi connectivity index (χ3n) is 11.2. The zero-order valence-corrected chi connectivity index (χ0v) is 32.5. The van der Waals surface area contributed by atoms with Crippen molar-refractivity contribution in [3.05, 3.63) is 58.8 Å². The topological polar surface area (TPSA) is 171 Å². The normalized spacial score (nSPS) is 29.4. The third kappa shape index (κ3) is 8.07. The summed E-state index contributed by atoms with van der Waals surface area (Å²) >= 11 is 1.57. The van der Waals surface area contributed by atoms with Crippen molar-refractivity contribution < 1.29 is 37.1 Å². The molecule has 1 aromatic heterocycles. The van der Waals surface area contributed by atoms with E-state index < -0.39 is 74.1 Å². The van der Waals surface area contributed by atoms with E-state index >= 15 is 0 Å². The van der Waals surface area contributed by atoms with Crippen LogP contribution in [0.5, 0.6) is 0 Å². The molecule has 1 aromatic carbocycles. The van der Waals surface area contributed by atoms with Crippen LogP contribution in [0.2, 0.25) is 0 Å². The highest BCUT2D eigenvalue weighted by Gasteiger charge is 2.63. The molecule has 290 valence electrons. The van der Waals surface area contributed by atoms with Gasteiger partial charge in [-0.05, 0) is 99.4 Å². The number of likely N-dealkylation sites (tertiary alicyclic amines) is 1. The second-order valence-electron chi connectivity index (χ2n) is 16.4. The lowest BCUT2D eigenvalue weighted by atomic mass is 9.93. The van der Waals surface area contributed by atoms with Gasteiger partial charge in [-0.25, -0.2) is 13.2 Å². The van der Waals surface area contributed by atoms with Gasteiger partial charge < -0.3 is 25.2 Å². The number of hydrogen-bond donors (Lipinski definition) is 3. The SMILES string of the molecule is CC(C)(C)OC(=O)N[C@@H]1CCCCC/C=C\[C@@H]2C[C@@]2(C(=O)NS(=O)(=O)C2CC2)NC(=O)[C@@H]2[C@H]3CN(C(=O)c4cccc(-c5ccsc5)c4)C[C@H]3CN2C1=O. The van der Waals surface area contributed by atoms with E-state index in [2.05, 4.69) is 15.4 Å². The fraction of sp³-hybridized carbons (Fsp3) is 0.564. The molecule has 3 aliphatic heterocycles. The smallest absolute Gasteiger partial charge is 0.408 e. The molecular formula is C39H49N5O8S2. The first-order valence-electron chi connectivity index (χ1n) is 18.9. The number of hydrogen-bond acceptors (Lipinski definition) is 9. The van der Waals surface area contributed by atoms with Crippen LogP contribution in [0.4, 0.5) is 4.79 Å². The van der Waals surface area contributed by atoms with Crippen molar-refractivity contribution in [3.8, 4) is 11.1 Å². The van der Waals surface area contributed by atoms with Crippen LogP contribution in [0, 0.1) is 17.8 Å². The standard InChI is InChI=1S/C39H49N5O8S2/c1-38(2,3)52-37(49)40-31-13-8-6-4-5-7-12-28-19-39(28,36(48)42-54(50,51)29-14-15-29)41-33(45)32-30-22-43(20-27(30)21-44(32)35(31)47)34(46)25-11-9-10-24(18-25)26-16-17-53-23-26/h7,9-12,16-18,23,27-32H,4-6,8,13-15,19-22H2,1-3H3,(H,40,49)(H,41,45)(H,42,48)/b12-7-/t27-,28+,30-,31+,32-,39+/m0/s1. The third-order valence-corrected chi connectivity index (χ3v) is 13.7. The maximum absolute atomic E-state index is 14.6. The molecule has 2 saturated carbocycles. The number of alkyl carbamates (subject to hydrolysis) is 1. The molecule has 6 atom stereocenters. The van der Waals surface area contributed by atoms with E-state index in [1.54, 1.807) is 43.1 Å². The van der Waals surface area contributed by atoms with Crippen molar-refractivity contribution in [2.75, 3.05) is 19.6 Å². The molecule has 0 unspecified atom stereocenters. The molecule has 0 bridgehead atoms. The first kappa shape index (κ1) is 38.1. The minimum atomic E-state index is -3.90. The lowest BCUT2D eigenvalue weighted by molar-refractivity contribution is -0.142. The van der Waals surface area contributed by atoms with Crippen LogP contribution in [0.25, 0.3) is 11.1 Å². The molecule has 0 radical (unpaired) electrons. The van der Waals surface area contributed by atoms with Gasteiger partial charge in [-0.15, -0.1) is 0 Å². The number of carbonyl (C=O) groups is 5. The molecule has 5 amide bonds. The van der Waals surface area contributed by atoms with Crippen LogP contribution in [-0.4, -0.2) is 96.0 Å². The monoisotopic (exact) mass is 779 g/mol. The number of allylic oxidation sites excluding steroid dienone is 1. The van der Waals surface area contributed by atoms with E-state index in [1.165, 1.54) is 4.90 Å². The number of nitrogens with one attached hydrogen (secondary N) is 3. The molecule has 3 N–H and O–H groups in total. The number of thiophene rings is 1. The lowest BCUT2D eigenvalue weighted by Crippen LogP contribution is -2.60. The summed E-state index contributed by atoms with van der Waals surface area (Å²) in [7, 11) is -3.90. The summed E-state index contributed by atoms with van der Waals surface area (Å²) in [4.78, 5) is 73.1. The maximum Gasteiger partial charge on any atom is 0.408 e. The summed E-state index contributed by atoms with van der Waals surface area (Å²) in [5.74, 6) is -3.16. The van der Waals surface area contributed by atoms with Gasteiger partial charge in [0.25, 0.3) is 11.8 Å². The molecular weight excluding hydrogens is 731 g/mol. The summed E-state index contributed by atoms with van der Waals surface area (Å²) in [6.45, 7) is 5.86. The Labute approximate surface area is 320 Å². The number of rotatable bonds is 6. The van der Waals surface area contributed by atoms with Gasteiger partial charge in [0.2, 0.25) is 21.8 Å². The quantitative estimate of drug-likeness (QED) is 0.366. The van der Waals surface area contributed by atoms with Gasteiger partial charge in [0.1, 0.15) is 23.2 Å². The van der Waals surface area contributed by atoms with Crippen molar-refractivity contribution in [1.29, 1.82) is 0 Å². The Morgan fingerprint density at radius 1 is 1.00 bits per heavy atom. The fourth-order valence-electron chi connectivity index (χ4n) is 8.13. The van der Waals surface area contributed by atoms with E-state index in [0.29, 0.717) is 44.2 Å². The van der Waals surface area contributed by atoms with E-state index in [4.69, 9.17) is 4.74 Å². The van der Waals surface area contributed by atoms with Crippen molar-refractivity contribution >= 4 is 51.1 Å². The predicted molar refractivity (Wildman–Crippen MR) is 203 cm³/mol. The van der Waals surface area contributed by atoms with Crippen LogP contribution in [0.3, 0.4) is 0 Å². The molecule has 54 heavy (non-hydrogen) atoms. The van der Waals surface area contributed by atoms with Crippen LogP contribution in [-0.2, 0) is 29.1 Å². The van der Waals surface area contributed by atoms with Gasteiger partial charge in [0.05, 0.1) is 5.25 Å². The Kier molecular flexibility index (Phi) is 10.4. The van der Waals surface area contributed by atoms with Crippen LogP contribution < -0.4 is 15.4 Å². The lowest BCUT2D eigenvalue weighted by Gasteiger charge is -2.33. The molecule has 4 fully saturated rings. The molecule has 5 aliphatic rings. The highest BCUT2D eigenvalue weighted by atomic mass is 32.2. The predicted octanol–water partition coefficient (Wildman–Crippen LogP) is 4.21. The van der Waals surface area contributed by atoms with Crippen LogP contribution in [0.15, 0.2) is 53.2 Å². The summed E-state index contributed by atoms with van der Waals surface area (Å²) < 4.78 is 33.5. The van der Waals surface area contributed by atoms with Crippen molar-refractivity contribution in [2.45, 2.75) is 101 Å². The highest BCUT2D eigenvalue weighted by molar-refractivity contribution is 7.91. The van der Waals surface area contributed by atoms with Crippen molar-refractivity contribution in [3.63, 3.8) is 0 Å². The van der Waals surface area contributed by atoms with Gasteiger partial charge in [0, 0.05) is 43.0 Å². The minimum absolute atomic E-state index is 0.158.